The molecular formula is C2H11NO3. The molecule has 6 heavy (non-hydrogen) atoms. The fourth-order valence-corrected chi connectivity index (χ4v) is 0. The molecule has 0 rings (SSSR count). The van der Waals surface area contributed by atoms with Crippen LogP contribution in [-0.4, -0.2) is 22.3 Å². The molecule has 0 aliphatic carbocycles. The van der Waals surface area contributed by atoms with Gasteiger partial charge in [0, 0.05) is 0 Å². The Labute approximate surface area is 36.2 Å². The van der Waals surface area contributed by atoms with Crippen molar-refractivity contribution in [2.75, 3.05) is 0 Å². The van der Waals surface area contributed by atoms with E-state index in [2.05, 4.69) is 5.73 Å². The van der Waals surface area contributed by atoms with Crippen LogP contribution in [0.4, 0.5) is 0 Å². The summed E-state index contributed by atoms with van der Waals surface area (Å²) in [6.07, 6.45) is -0.667. The van der Waals surface area contributed by atoms with Crippen molar-refractivity contribution in [2.45, 2.75) is 13.2 Å². The number of aliphatic hydroxyl groups excluding tert-OH is 1. The highest BCUT2D eigenvalue weighted by atomic mass is 16.3. The second-order valence-corrected chi connectivity index (χ2v) is 0.741. The van der Waals surface area contributed by atoms with Crippen molar-refractivity contribution >= 4 is 0 Å². The molecule has 0 aliphatic rings. The number of nitrogens with two attached hydrogens (primary N) is 1. The highest BCUT2D eigenvalue weighted by Crippen LogP contribution is 1.50. The van der Waals surface area contributed by atoms with E-state index in [0.717, 1.165) is 0 Å². The highest BCUT2D eigenvalue weighted by molar-refractivity contribution is 4.16. The first-order chi connectivity index (χ1) is 1.73. The van der Waals surface area contributed by atoms with Gasteiger partial charge in [-0.05, 0) is 6.92 Å². The van der Waals surface area contributed by atoms with Crippen LogP contribution in [0.25, 0.3) is 0 Å². The monoisotopic (exact) mass is 97.1 g/mol. The Morgan fingerprint density at radius 1 is 1.50 bits per heavy atom. The highest BCUT2D eigenvalue weighted by Gasteiger charge is 1.68. The normalized spacial score (nSPS) is 10.5. The Morgan fingerprint density at radius 3 is 1.50 bits per heavy atom. The molecule has 1 atom stereocenters. The zero-order chi connectivity index (χ0) is 3.58. The largest absolute Gasteiger partial charge is 0.412 e. The molecule has 0 bridgehead atoms. The Balaban J connectivity index is -0.0000000450. The summed E-state index contributed by atoms with van der Waals surface area (Å²) in [5.41, 5.74) is 4.67. The molecule has 1 unspecified atom stereocenters. The minimum absolute atomic E-state index is 0. The van der Waals surface area contributed by atoms with Crippen LogP contribution < -0.4 is 5.73 Å². The summed E-state index contributed by atoms with van der Waals surface area (Å²) in [6, 6.07) is 0. The van der Waals surface area contributed by atoms with Crippen LogP contribution >= 0.6 is 0 Å². The Kier molecular flexibility index (Phi) is 25.0. The van der Waals surface area contributed by atoms with Crippen LogP contribution in [0.3, 0.4) is 0 Å². The molecule has 0 spiro atoms. The van der Waals surface area contributed by atoms with Gasteiger partial charge in [-0.3, -0.25) is 0 Å². The summed E-state index contributed by atoms with van der Waals surface area (Å²) < 4.78 is 0. The fourth-order valence-electron chi connectivity index (χ4n) is 0. The summed E-state index contributed by atoms with van der Waals surface area (Å²) >= 11 is 0. The second kappa shape index (κ2) is 8.85. The van der Waals surface area contributed by atoms with Crippen molar-refractivity contribution in [3.8, 4) is 0 Å². The zero-order valence-electron chi connectivity index (χ0n) is 3.60. The van der Waals surface area contributed by atoms with E-state index in [1.807, 2.05) is 0 Å². The average molecular weight is 97.1 g/mol. The van der Waals surface area contributed by atoms with Crippen LogP contribution in [0.2, 0.25) is 0 Å². The Bertz CT molecular complexity index is 13.5. The van der Waals surface area contributed by atoms with Gasteiger partial charge in [-0.1, -0.05) is 0 Å². The first-order valence-electron chi connectivity index (χ1n) is 1.17. The van der Waals surface area contributed by atoms with Crippen LogP contribution in [0.5, 0.6) is 0 Å². The smallest absolute Gasteiger partial charge is 0.0991 e. The van der Waals surface area contributed by atoms with Crippen molar-refractivity contribution in [3.63, 3.8) is 0 Å². The van der Waals surface area contributed by atoms with Gasteiger partial charge in [0.05, 0.1) is 6.23 Å². The quantitative estimate of drug-likeness (QED) is 0.329. The summed E-state index contributed by atoms with van der Waals surface area (Å²) in [5.74, 6) is 0. The van der Waals surface area contributed by atoms with Gasteiger partial charge in [0.15, 0.2) is 0 Å². The molecule has 0 aromatic heterocycles. The third kappa shape index (κ3) is 1210. The number of rotatable bonds is 0. The molecule has 0 heterocycles. The molecule has 4 heteroatoms. The standard InChI is InChI=1S/C2H7NO.2H2O/c1-2(3)4;;/h2,4H,3H2,1H3;2*1H2. The lowest BCUT2D eigenvalue weighted by molar-refractivity contribution is 0.203. The van der Waals surface area contributed by atoms with Crippen LogP contribution in [0, 0.1) is 0 Å². The van der Waals surface area contributed by atoms with E-state index >= 15 is 0 Å². The Morgan fingerprint density at radius 2 is 1.50 bits per heavy atom. The van der Waals surface area contributed by atoms with Crippen molar-refractivity contribution in [2.24, 2.45) is 5.73 Å². The van der Waals surface area contributed by atoms with Crippen LogP contribution in [0.15, 0.2) is 0 Å². The van der Waals surface area contributed by atoms with E-state index in [-0.39, 0.29) is 11.0 Å². The summed E-state index contributed by atoms with van der Waals surface area (Å²) in [6.45, 7) is 1.50. The van der Waals surface area contributed by atoms with Gasteiger partial charge in [0.25, 0.3) is 0 Å². The van der Waals surface area contributed by atoms with Gasteiger partial charge in [-0.2, -0.15) is 0 Å². The number of hydrogen-bond acceptors (Lipinski definition) is 2. The third-order valence-corrected chi connectivity index (χ3v) is 0. The summed E-state index contributed by atoms with van der Waals surface area (Å²) in [5, 5.41) is 7.83. The minimum atomic E-state index is -0.667. The van der Waals surface area contributed by atoms with E-state index in [1.54, 1.807) is 0 Å². The summed E-state index contributed by atoms with van der Waals surface area (Å²) in [7, 11) is 0. The molecule has 0 fully saturated rings. The molecular weight excluding hydrogens is 86.0 g/mol. The van der Waals surface area contributed by atoms with Gasteiger partial charge in [0.1, 0.15) is 0 Å². The van der Waals surface area contributed by atoms with E-state index in [1.165, 1.54) is 6.92 Å². The fraction of sp³-hybridized carbons (Fsp3) is 1.00. The van der Waals surface area contributed by atoms with Gasteiger partial charge < -0.3 is 21.8 Å². The first-order valence-corrected chi connectivity index (χ1v) is 1.17. The molecule has 0 aliphatic heterocycles. The van der Waals surface area contributed by atoms with E-state index in [4.69, 9.17) is 5.11 Å². The Hall–Kier alpha value is -0.160. The maximum Gasteiger partial charge on any atom is 0.0991 e. The maximum absolute atomic E-state index is 7.83. The van der Waals surface area contributed by atoms with E-state index in [0.29, 0.717) is 0 Å². The van der Waals surface area contributed by atoms with E-state index < -0.39 is 6.23 Å². The predicted octanol–water partition coefficient (Wildman–Crippen LogP) is -2.37. The first kappa shape index (κ1) is 17.0. The topological polar surface area (TPSA) is 109 Å². The molecule has 0 saturated carbocycles. The lowest BCUT2D eigenvalue weighted by atomic mass is 10.7. The van der Waals surface area contributed by atoms with Crippen LogP contribution in [0.1, 0.15) is 6.92 Å². The maximum atomic E-state index is 7.83. The van der Waals surface area contributed by atoms with Gasteiger partial charge in [0.2, 0.25) is 0 Å². The molecule has 0 saturated heterocycles. The molecule has 0 aromatic carbocycles. The zero-order valence-corrected chi connectivity index (χ0v) is 3.60. The number of aliphatic hydroxyl groups is 1. The SMILES string of the molecule is CC(N)O.O.O. The van der Waals surface area contributed by atoms with Gasteiger partial charge >= 0.3 is 0 Å². The molecule has 0 radical (unpaired) electrons. The molecule has 0 aromatic rings. The van der Waals surface area contributed by atoms with Crippen molar-refractivity contribution in [3.05, 3.63) is 0 Å². The van der Waals surface area contributed by atoms with Gasteiger partial charge in [-0.15, -0.1) is 0 Å². The second-order valence-electron chi connectivity index (χ2n) is 0.741. The lowest BCUT2D eigenvalue weighted by Gasteiger charge is -1.82. The van der Waals surface area contributed by atoms with Crippen LogP contribution in [-0.2, 0) is 0 Å². The minimum Gasteiger partial charge on any atom is -0.412 e. The molecule has 4 nitrogen and oxygen atoms in total. The molecule has 7 N–H and O–H groups in total. The van der Waals surface area contributed by atoms with Crippen molar-refractivity contribution in [1.82, 2.24) is 0 Å². The van der Waals surface area contributed by atoms with E-state index in [9.17, 15) is 0 Å². The lowest BCUT2D eigenvalue weighted by Crippen LogP contribution is -2.11. The third-order valence-electron chi connectivity index (χ3n) is 0. The predicted molar refractivity (Wildman–Crippen MR) is 23.1 cm³/mol. The molecule has 0 amide bonds. The average Bonchev–Trinajstić information content (AvgIpc) is 0.811. The van der Waals surface area contributed by atoms with Gasteiger partial charge in [-0.25, -0.2) is 0 Å². The number of hydrogen-bond donors (Lipinski definition) is 2. The van der Waals surface area contributed by atoms with Crippen molar-refractivity contribution in [1.29, 1.82) is 0 Å². The van der Waals surface area contributed by atoms with Crippen molar-refractivity contribution < 1.29 is 16.1 Å². The molecule has 42 valence electrons. The summed E-state index contributed by atoms with van der Waals surface area (Å²) in [4.78, 5) is 0.